The molecule has 1 atom stereocenters. The minimum Gasteiger partial charge on any atom is -0.389 e. The van der Waals surface area contributed by atoms with Gasteiger partial charge in [-0.3, -0.25) is 0 Å². The maximum absolute atomic E-state index is 9.50. The van der Waals surface area contributed by atoms with Crippen molar-refractivity contribution in [2.45, 2.75) is 24.8 Å². The predicted octanol–water partition coefficient (Wildman–Crippen LogP) is 2.72. The van der Waals surface area contributed by atoms with Gasteiger partial charge in [0.05, 0.1) is 17.7 Å². The van der Waals surface area contributed by atoms with E-state index in [1.54, 1.807) is 24.8 Å². The zero-order valence-electron chi connectivity index (χ0n) is 8.32. The van der Waals surface area contributed by atoms with Crippen molar-refractivity contribution in [2.75, 3.05) is 5.75 Å². The third-order valence-corrected chi connectivity index (χ3v) is 2.85. The summed E-state index contributed by atoms with van der Waals surface area (Å²) < 4.78 is 0. The first-order valence-electron chi connectivity index (χ1n) is 4.54. The fourth-order valence-electron chi connectivity index (χ4n) is 1.23. The smallest absolute Gasteiger partial charge is 0.0992 e. The van der Waals surface area contributed by atoms with Crippen molar-refractivity contribution in [1.82, 2.24) is 0 Å². The molecule has 0 aromatic heterocycles. The Balaban J connectivity index is 3.11. The van der Waals surface area contributed by atoms with Gasteiger partial charge in [0.25, 0.3) is 0 Å². The van der Waals surface area contributed by atoms with E-state index in [2.05, 4.69) is 13.0 Å². The van der Waals surface area contributed by atoms with Crippen molar-refractivity contribution in [3.05, 3.63) is 29.3 Å². The summed E-state index contributed by atoms with van der Waals surface area (Å²) in [4.78, 5) is 1.00. The molecule has 0 aliphatic heterocycles. The molecular weight excluding hydrogens is 194 g/mol. The third-order valence-electron chi connectivity index (χ3n) is 1.89. The van der Waals surface area contributed by atoms with Gasteiger partial charge in [-0.1, -0.05) is 13.0 Å². The Labute approximate surface area is 88.6 Å². The molecule has 1 N–H and O–H groups in total. The molecule has 1 unspecified atom stereocenters. The Hall–Kier alpha value is -0.980. The highest BCUT2D eigenvalue weighted by atomic mass is 32.2. The molecule has 3 heteroatoms. The zero-order chi connectivity index (χ0) is 10.6. The lowest BCUT2D eigenvalue weighted by atomic mass is 10.1. The standard InChI is InChI=1S/C11H13NOS/c1-3-14-11-6-9(7-12)4-5-10(11)8(2)13/h4-6,8,13H,3H2,1-2H3. The van der Waals surface area contributed by atoms with Crippen LogP contribution < -0.4 is 0 Å². The highest BCUT2D eigenvalue weighted by molar-refractivity contribution is 7.99. The highest BCUT2D eigenvalue weighted by Crippen LogP contribution is 2.28. The van der Waals surface area contributed by atoms with Gasteiger partial charge in [0.15, 0.2) is 0 Å². The summed E-state index contributed by atoms with van der Waals surface area (Å²) >= 11 is 1.65. The van der Waals surface area contributed by atoms with Crippen molar-refractivity contribution >= 4 is 11.8 Å². The number of hydrogen-bond donors (Lipinski definition) is 1. The van der Waals surface area contributed by atoms with E-state index in [1.807, 2.05) is 12.1 Å². The molecule has 0 aliphatic rings. The number of aliphatic hydroxyl groups is 1. The minimum absolute atomic E-state index is 0.475. The first-order chi connectivity index (χ1) is 6.69. The van der Waals surface area contributed by atoms with E-state index in [4.69, 9.17) is 5.26 Å². The van der Waals surface area contributed by atoms with Crippen molar-refractivity contribution in [3.63, 3.8) is 0 Å². The second kappa shape index (κ2) is 5.04. The van der Waals surface area contributed by atoms with Gasteiger partial charge in [0, 0.05) is 4.90 Å². The van der Waals surface area contributed by atoms with Crippen LogP contribution >= 0.6 is 11.8 Å². The molecule has 0 fully saturated rings. The molecule has 0 aliphatic carbocycles. The summed E-state index contributed by atoms with van der Waals surface area (Å²) in [6.45, 7) is 3.79. The van der Waals surface area contributed by atoms with Gasteiger partial charge < -0.3 is 5.11 Å². The third kappa shape index (κ3) is 2.50. The Morgan fingerprint density at radius 2 is 2.29 bits per heavy atom. The van der Waals surface area contributed by atoms with E-state index in [9.17, 15) is 5.11 Å². The van der Waals surface area contributed by atoms with Crippen LogP contribution in [0.3, 0.4) is 0 Å². The number of nitriles is 1. The van der Waals surface area contributed by atoms with Gasteiger partial charge in [-0.05, 0) is 30.4 Å². The number of benzene rings is 1. The van der Waals surface area contributed by atoms with Crippen LogP contribution in [-0.2, 0) is 0 Å². The molecule has 14 heavy (non-hydrogen) atoms. The lowest BCUT2D eigenvalue weighted by Crippen LogP contribution is -1.94. The molecule has 0 saturated heterocycles. The fraction of sp³-hybridized carbons (Fsp3) is 0.364. The van der Waals surface area contributed by atoms with Crippen LogP contribution in [0.4, 0.5) is 0 Å². The van der Waals surface area contributed by atoms with Gasteiger partial charge >= 0.3 is 0 Å². The summed E-state index contributed by atoms with van der Waals surface area (Å²) in [5.41, 5.74) is 1.54. The lowest BCUT2D eigenvalue weighted by Gasteiger charge is -2.10. The quantitative estimate of drug-likeness (QED) is 0.775. The topological polar surface area (TPSA) is 44.0 Å². The van der Waals surface area contributed by atoms with Crippen LogP contribution in [-0.4, -0.2) is 10.9 Å². The maximum Gasteiger partial charge on any atom is 0.0992 e. The van der Waals surface area contributed by atoms with Gasteiger partial charge in [-0.15, -0.1) is 11.8 Å². The molecule has 1 aromatic carbocycles. The second-order valence-corrected chi connectivity index (χ2v) is 4.28. The number of thioether (sulfide) groups is 1. The highest BCUT2D eigenvalue weighted by Gasteiger charge is 2.08. The Kier molecular flexibility index (Phi) is 3.99. The average molecular weight is 207 g/mol. The first kappa shape index (κ1) is 11.1. The molecular formula is C11H13NOS. The summed E-state index contributed by atoms with van der Waals surface area (Å²) in [5, 5.41) is 18.2. The number of nitrogens with zero attached hydrogens (tertiary/aromatic N) is 1. The average Bonchev–Trinajstić information content (AvgIpc) is 2.17. The van der Waals surface area contributed by atoms with Crippen LogP contribution in [0.1, 0.15) is 31.1 Å². The maximum atomic E-state index is 9.50. The number of hydrogen-bond acceptors (Lipinski definition) is 3. The largest absolute Gasteiger partial charge is 0.389 e. The van der Waals surface area contributed by atoms with Crippen molar-refractivity contribution in [2.24, 2.45) is 0 Å². The molecule has 0 bridgehead atoms. The summed E-state index contributed by atoms with van der Waals surface area (Å²) in [6, 6.07) is 7.49. The molecule has 0 saturated carbocycles. The van der Waals surface area contributed by atoms with Gasteiger partial charge in [0.1, 0.15) is 0 Å². The Bertz CT molecular complexity index is 355. The molecule has 1 rings (SSSR count). The van der Waals surface area contributed by atoms with E-state index in [0.717, 1.165) is 16.2 Å². The van der Waals surface area contributed by atoms with Gasteiger partial charge in [0.2, 0.25) is 0 Å². The normalized spacial score (nSPS) is 12.1. The summed E-state index contributed by atoms with van der Waals surface area (Å²) in [6.07, 6.45) is -0.475. The number of aliphatic hydroxyl groups excluding tert-OH is 1. The van der Waals surface area contributed by atoms with Crippen molar-refractivity contribution in [1.29, 1.82) is 5.26 Å². The predicted molar refractivity (Wildman–Crippen MR) is 58.2 cm³/mol. The zero-order valence-corrected chi connectivity index (χ0v) is 9.14. The fourth-order valence-corrected chi connectivity index (χ4v) is 2.16. The minimum atomic E-state index is -0.475. The Morgan fingerprint density at radius 3 is 2.79 bits per heavy atom. The van der Waals surface area contributed by atoms with Crippen LogP contribution in [0.5, 0.6) is 0 Å². The molecule has 0 radical (unpaired) electrons. The van der Waals surface area contributed by atoms with E-state index in [0.29, 0.717) is 5.56 Å². The second-order valence-electron chi connectivity index (χ2n) is 2.97. The van der Waals surface area contributed by atoms with Crippen LogP contribution in [0.25, 0.3) is 0 Å². The van der Waals surface area contributed by atoms with Gasteiger partial charge in [-0.25, -0.2) is 0 Å². The van der Waals surface area contributed by atoms with E-state index < -0.39 is 6.10 Å². The summed E-state index contributed by atoms with van der Waals surface area (Å²) in [7, 11) is 0. The van der Waals surface area contributed by atoms with Crippen molar-refractivity contribution in [3.8, 4) is 6.07 Å². The molecule has 1 aromatic rings. The van der Waals surface area contributed by atoms with E-state index >= 15 is 0 Å². The van der Waals surface area contributed by atoms with Gasteiger partial charge in [-0.2, -0.15) is 5.26 Å². The lowest BCUT2D eigenvalue weighted by molar-refractivity contribution is 0.196. The van der Waals surface area contributed by atoms with E-state index in [1.165, 1.54) is 0 Å². The summed E-state index contributed by atoms with van der Waals surface area (Å²) in [5.74, 6) is 0.939. The molecule has 2 nitrogen and oxygen atoms in total. The molecule has 0 spiro atoms. The monoisotopic (exact) mass is 207 g/mol. The van der Waals surface area contributed by atoms with Crippen LogP contribution in [0, 0.1) is 11.3 Å². The van der Waals surface area contributed by atoms with Crippen LogP contribution in [0.2, 0.25) is 0 Å². The molecule has 0 amide bonds. The van der Waals surface area contributed by atoms with E-state index in [-0.39, 0.29) is 0 Å². The molecule has 0 heterocycles. The Morgan fingerprint density at radius 1 is 1.57 bits per heavy atom. The van der Waals surface area contributed by atoms with Crippen molar-refractivity contribution < 1.29 is 5.11 Å². The SMILES string of the molecule is CCSc1cc(C#N)ccc1C(C)O. The number of rotatable bonds is 3. The molecule has 74 valence electrons. The van der Waals surface area contributed by atoms with Crippen LogP contribution in [0.15, 0.2) is 23.1 Å². The first-order valence-corrected chi connectivity index (χ1v) is 5.52.